The maximum Gasteiger partial charge on any atom is 0.261 e. The Morgan fingerprint density at radius 2 is 1.70 bits per heavy atom. The minimum absolute atomic E-state index is 0.0598. The lowest BCUT2D eigenvalue weighted by molar-refractivity contribution is -0.115. The molecule has 0 fully saturated rings. The van der Waals surface area contributed by atoms with Crippen molar-refractivity contribution in [2.45, 2.75) is 0 Å². The number of hydrogen-bond acceptors (Lipinski definition) is 4. The minimum atomic E-state index is -0.638. The number of para-hydroxylation sites is 1. The van der Waals surface area contributed by atoms with E-state index < -0.39 is 11.8 Å². The number of hydrogen-bond donors (Lipinski definition) is 2. The van der Waals surface area contributed by atoms with Crippen molar-refractivity contribution in [1.82, 2.24) is 5.32 Å². The first-order chi connectivity index (χ1) is 11.0. The van der Waals surface area contributed by atoms with Gasteiger partial charge < -0.3 is 10.0 Å². The highest BCUT2D eigenvalue weighted by molar-refractivity contribution is 6.10. The van der Waals surface area contributed by atoms with Gasteiger partial charge in [0.2, 0.25) is 0 Å². The predicted molar refractivity (Wildman–Crippen MR) is 90.4 cm³/mol. The molecular weight excluding hydrogens is 292 g/mol. The van der Waals surface area contributed by atoms with E-state index in [0.717, 1.165) is 11.3 Å². The Labute approximate surface area is 134 Å². The molecular formula is C18H18N2O3. The van der Waals surface area contributed by atoms with Gasteiger partial charge >= 0.3 is 0 Å². The van der Waals surface area contributed by atoms with E-state index >= 15 is 0 Å². The van der Waals surface area contributed by atoms with Gasteiger partial charge in [0.25, 0.3) is 11.8 Å². The molecule has 5 nitrogen and oxygen atoms in total. The molecule has 2 rings (SSSR count). The molecule has 2 aromatic rings. The molecule has 2 aromatic carbocycles. The van der Waals surface area contributed by atoms with Crippen molar-refractivity contribution in [3.05, 3.63) is 65.7 Å². The Balaban J connectivity index is 1.99. The minimum Gasteiger partial charge on any atom is -0.507 e. The molecule has 0 unspecified atom stereocenters. The molecule has 5 heteroatoms. The summed E-state index contributed by atoms with van der Waals surface area (Å²) in [4.78, 5) is 25.6. The van der Waals surface area contributed by atoms with Crippen molar-refractivity contribution in [2.24, 2.45) is 0 Å². The van der Waals surface area contributed by atoms with Gasteiger partial charge in [0, 0.05) is 25.9 Å². The lowest BCUT2D eigenvalue weighted by Gasteiger charge is -2.11. The number of carbonyl (C=O) groups is 2. The van der Waals surface area contributed by atoms with Crippen LogP contribution in [0.4, 0.5) is 5.69 Å². The van der Waals surface area contributed by atoms with Gasteiger partial charge in [-0.15, -0.1) is 0 Å². The molecule has 0 heterocycles. The van der Waals surface area contributed by atoms with E-state index in [1.54, 1.807) is 18.2 Å². The van der Waals surface area contributed by atoms with E-state index in [-0.39, 0.29) is 11.3 Å². The second-order valence-corrected chi connectivity index (χ2v) is 5.15. The summed E-state index contributed by atoms with van der Waals surface area (Å²) in [6, 6.07) is 13.7. The van der Waals surface area contributed by atoms with Crippen LogP contribution < -0.4 is 10.2 Å². The summed E-state index contributed by atoms with van der Waals surface area (Å²) < 4.78 is 0. The quantitative estimate of drug-likeness (QED) is 0.851. The van der Waals surface area contributed by atoms with Crippen LogP contribution in [0.5, 0.6) is 5.75 Å². The average molecular weight is 310 g/mol. The molecule has 0 aliphatic heterocycles. The highest BCUT2D eigenvalue weighted by Gasteiger charge is 2.11. The summed E-state index contributed by atoms with van der Waals surface area (Å²) in [5.41, 5.74) is 1.96. The van der Waals surface area contributed by atoms with Crippen molar-refractivity contribution < 1.29 is 14.7 Å². The third-order valence-electron chi connectivity index (χ3n) is 3.22. The zero-order valence-electron chi connectivity index (χ0n) is 13.0. The first kappa shape index (κ1) is 16.3. The first-order valence-corrected chi connectivity index (χ1v) is 7.06. The molecule has 0 saturated heterocycles. The highest BCUT2D eigenvalue weighted by Crippen LogP contribution is 2.15. The number of phenols is 1. The number of phenolic OH excluding ortho intramolecular Hbond substituents is 1. The number of nitrogens with zero attached hydrogens (tertiary/aromatic N) is 1. The van der Waals surface area contributed by atoms with Gasteiger partial charge in [0.05, 0.1) is 5.56 Å². The van der Waals surface area contributed by atoms with E-state index in [2.05, 4.69) is 5.32 Å². The second-order valence-electron chi connectivity index (χ2n) is 5.15. The van der Waals surface area contributed by atoms with Gasteiger partial charge in [-0.2, -0.15) is 0 Å². The Hall–Kier alpha value is -3.08. The number of carbonyl (C=O) groups excluding carboxylic acids is 2. The largest absolute Gasteiger partial charge is 0.507 e. The second kappa shape index (κ2) is 7.26. The topological polar surface area (TPSA) is 69.6 Å². The van der Waals surface area contributed by atoms with Crippen LogP contribution in [0.1, 0.15) is 15.9 Å². The van der Waals surface area contributed by atoms with E-state index in [4.69, 9.17) is 0 Å². The number of rotatable bonds is 4. The van der Waals surface area contributed by atoms with Crippen LogP contribution in [0.25, 0.3) is 6.08 Å². The van der Waals surface area contributed by atoms with Crippen LogP contribution in [0, 0.1) is 0 Å². The van der Waals surface area contributed by atoms with Gasteiger partial charge in [-0.25, -0.2) is 0 Å². The summed E-state index contributed by atoms with van der Waals surface area (Å²) in [6.45, 7) is 0. The Kier molecular flexibility index (Phi) is 5.15. The van der Waals surface area contributed by atoms with E-state index in [1.807, 2.05) is 43.3 Å². The van der Waals surface area contributed by atoms with Crippen molar-refractivity contribution in [3.8, 4) is 5.75 Å². The van der Waals surface area contributed by atoms with Crippen molar-refractivity contribution in [2.75, 3.05) is 19.0 Å². The van der Waals surface area contributed by atoms with E-state index in [0.29, 0.717) is 0 Å². The lowest BCUT2D eigenvalue weighted by Crippen LogP contribution is -2.28. The Morgan fingerprint density at radius 3 is 2.30 bits per heavy atom. The van der Waals surface area contributed by atoms with Crippen LogP contribution >= 0.6 is 0 Å². The molecule has 2 N–H and O–H groups in total. The van der Waals surface area contributed by atoms with Crippen LogP contribution in [0.15, 0.2) is 54.6 Å². The maximum absolute atomic E-state index is 11.9. The number of anilines is 1. The van der Waals surface area contributed by atoms with Crippen LogP contribution in [0.2, 0.25) is 0 Å². The molecule has 0 bridgehead atoms. The normalized spacial score (nSPS) is 10.5. The first-order valence-electron chi connectivity index (χ1n) is 7.06. The molecule has 0 aromatic heterocycles. The number of nitrogens with one attached hydrogen (secondary N) is 1. The smallest absolute Gasteiger partial charge is 0.261 e. The summed E-state index contributed by atoms with van der Waals surface area (Å²) >= 11 is 0. The molecule has 0 radical (unpaired) electrons. The van der Waals surface area contributed by atoms with Crippen molar-refractivity contribution >= 4 is 23.6 Å². The zero-order chi connectivity index (χ0) is 16.8. The third kappa shape index (κ3) is 4.44. The predicted octanol–water partition coefficient (Wildman–Crippen LogP) is 2.43. The maximum atomic E-state index is 11.9. The van der Waals surface area contributed by atoms with Gasteiger partial charge in [-0.1, -0.05) is 24.3 Å². The summed E-state index contributed by atoms with van der Waals surface area (Å²) in [5, 5.41) is 11.8. The average Bonchev–Trinajstić information content (AvgIpc) is 2.53. The van der Waals surface area contributed by atoms with Crippen LogP contribution in [-0.4, -0.2) is 31.0 Å². The molecule has 2 amide bonds. The lowest BCUT2D eigenvalue weighted by atomic mass is 10.1. The van der Waals surface area contributed by atoms with Crippen molar-refractivity contribution in [3.63, 3.8) is 0 Å². The van der Waals surface area contributed by atoms with Gasteiger partial charge in [-0.05, 0) is 35.9 Å². The summed E-state index contributed by atoms with van der Waals surface area (Å²) in [6.07, 6.45) is 2.90. The van der Waals surface area contributed by atoms with E-state index in [9.17, 15) is 14.7 Å². The fourth-order valence-electron chi connectivity index (χ4n) is 1.94. The third-order valence-corrected chi connectivity index (χ3v) is 3.22. The van der Waals surface area contributed by atoms with Gasteiger partial charge in [0.15, 0.2) is 0 Å². The van der Waals surface area contributed by atoms with Crippen LogP contribution in [0.3, 0.4) is 0 Å². The SMILES string of the molecule is CN(C)c1ccc(/C=C/C(=O)NC(=O)c2ccccc2O)cc1. The number of benzene rings is 2. The molecule has 23 heavy (non-hydrogen) atoms. The van der Waals surface area contributed by atoms with Gasteiger partial charge in [-0.3, -0.25) is 14.9 Å². The van der Waals surface area contributed by atoms with Gasteiger partial charge in [0.1, 0.15) is 5.75 Å². The standard InChI is InChI=1S/C18H18N2O3/c1-20(2)14-10-7-13(8-11-14)9-12-17(22)19-18(23)15-5-3-4-6-16(15)21/h3-12,21H,1-2H3,(H,19,22,23)/b12-9+. The number of amides is 2. The zero-order valence-corrected chi connectivity index (χ0v) is 13.0. The summed E-state index contributed by atoms with van der Waals surface area (Å²) in [7, 11) is 3.89. The number of imide groups is 1. The van der Waals surface area contributed by atoms with Crippen LogP contribution in [-0.2, 0) is 4.79 Å². The van der Waals surface area contributed by atoms with Crippen molar-refractivity contribution in [1.29, 1.82) is 0 Å². The Bertz CT molecular complexity index is 734. The molecule has 0 spiro atoms. The fraction of sp³-hybridized carbons (Fsp3) is 0.111. The molecule has 0 aliphatic rings. The fourth-order valence-corrected chi connectivity index (χ4v) is 1.94. The number of aromatic hydroxyl groups is 1. The molecule has 0 atom stereocenters. The molecule has 0 saturated carbocycles. The molecule has 118 valence electrons. The monoisotopic (exact) mass is 310 g/mol. The summed E-state index contributed by atoms with van der Waals surface area (Å²) in [5.74, 6) is -1.35. The Morgan fingerprint density at radius 1 is 1.04 bits per heavy atom. The highest BCUT2D eigenvalue weighted by atomic mass is 16.3. The molecule has 0 aliphatic carbocycles. The van der Waals surface area contributed by atoms with E-state index in [1.165, 1.54) is 18.2 Å².